The average Bonchev–Trinajstić information content (AvgIpc) is 3.02. The van der Waals surface area contributed by atoms with Crippen LogP contribution in [-0.2, 0) is 21.3 Å². The number of rotatable bonds is 4. The van der Waals surface area contributed by atoms with Gasteiger partial charge in [-0.2, -0.15) is 8.42 Å². The number of ether oxygens (including phenoxy) is 1. The van der Waals surface area contributed by atoms with E-state index in [2.05, 4.69) is 0 Å². The van der Waals surface area contributed by atoms with E-state index in [1.54, 1.807) is 0 Å². The van der Waals surface area contributed by atoms with Crippen molar-refractivity contribution in [2.45, 2.75) is 24.3 Å². The van der Waals surface area contributed by atoms with Crippen LogP contribution in [0.4, 0.5) is 5.69 Å². The number of nitro groups is 1. The maximum absolute atomic E-state index is 11.1. The Kier molecular flexibility index (Phi) is 3.09. The zero-order chi connectivity index (χ0) is 13.5. The monoisotopic (exact) mass is 273 g/mol. The van der Waals surface area contributed by atoms with Crippen LogP contribution in [0.1, 0.15) is 11.1 Å². The molecule has 7 nitrogen and oxygen atoms in total. The molecular weight excluding hydrogens is 262 g/mol. The Balaban J connectivity index is 2.59. The summed E-state index contributed by atoms with van der Waals surface area (Å²) in [6, 6.07) is 2.13. The third-order valence-electron chi connectivity index (χ3n) is 2.83. The highest BCUT2D eigenvalue weighted by molar-refractivity contribution is 7.85. The molecule has 1 saturated heterocycles. The van der Waals surface area contributed by atoms with Gasteiger partial charge in [-0.25, -0.2) is 0 Å². The SMILES string of the molecule is Cc1c(S(=O)(=O)O)ccc([N+](=O)[O-])c1CC1CO1. The van der Waals surface area contributed by atoms with Gasteiger partial charge in [0.1, 0.15) is 0 Å². The first-order valence-corrected chi connectivity index (χ1v) is 6.60. The molecule has 0 spiro atoms. The summed E-state index contributed by atoms with van der Waals surface area (Å²) in [5, 5.41) is 10.9. The minimum Gasteiger partial charge on any atom is -0.373 e. The maximum Gasteiger partial charge on any atom is 0.294 e. The molecule has 1 aromatic carbocycles. The number of nitrogens with zero attached hydrogens (tertiary/aromatic N) is 1. The van der Waals surface area contributed by atoms with Gasteiger partial charge in [0.15, 0.2) is 0 Å². The van der Waals surface area contributed by atoms with Crippen molar-refractivity contribution in [3.8, 4) is 0 Å². The molecule has 8 heteroatoms. The number of nitro benzene ring substituents is 1. The van der Waals surface area contributed by atoms with Gasteiger partial charge in [-0.1, -0.05) is 0 Å². The van der Waals surface area contributed by atoms with E-state index in [1.165, 1.54) is 6.92 Å². The van der Waals surface area contributed by atoms with E-state index in [0.29, 0.717) is 6.61 Å². The maximum atomic E-state index is 11.1. The minimum absolute atomic E-state index is 0.112. The molecule has 98 valence electrons. The Labute approximate surface area is 103 Å². The molecule has 0 amide bonds. The summed E-state index contributed by atoms with van der Waals surface area (Å²) in [4.78, 5) is 10.0. The third kappa shape index (κ3) is 2.50. The first-order valence-electron chi connectivity index (χ1n) is 5.16. The van der Waals surface area contributed by atoms with Crippen LogP contribution in [0.15, 0.2) is 17.0 Å². The van der Waals surface area contributed by atoms with Crippen molar-refractivity contribution in [2.24, 2.45) is 0 Å². The lowest BCUT2D eigenvalue weighted by Gasteiger charge is -2.09. The number of hydrogen-bond acceptors (Lipinski definition) is 5. The fourth-order valence-corrected chi connectivity index (χ4v) is 2.59. The lowest BCUT2D eigenvalue weighted by molar-refractivity contribution is -0.385. The summed E-state index contributed by atoms with van der Waals surface area (Å²) in [5.41, 5.74) is 0.329. The van der Waals surface area contributed by atoms with E-state index in [9.17, 15) is 18.5 Å². The Bertz CT molecular complexity index is 605. The Morgan fingerprint density at radius 3 is 2.61 bits per heavy atom. The van der Waals surface area contributed by atoms with Crippen LogP contribution in [0.25, 0.3) is 0 Å². The summed E-state index contributed by atoms with van der Waals surface area (Å²) in [6.07, 6.45) is 0.157. The standard InChI is InChI=1S/C10H11NO6S/c1-6-8(4-7-5-17-7)9(11(12)13)2-3-10(6)18(14,15)16/h2-3,7H,4-5H2,1H3,(H,14,15,16). The number of epoxide rings is 1. The molecule has 1 fully saturated rings. The Hall–Kier alpha value is -1.51. The van der Waals surface area contributed by atoms with Crippen molar-refractivity contribution in [3.05, 3.63) is 33.4 Å². The molecule has 1 heterocycles. The normalized spacial score (nSPS) is 18.7. The summed E-state index contributed by atoms with van der Waals surface area (Å²) in [5.74, 6) is 0. The topological polar surface area (TPSA) is 110 Å². The summed E-state index contributed by atoms with van der Waals surface area (Å²) in [6.45, 7) is 1.94. The molecule has 1 atom stereocenters. The molecule has 0 aromatic heterocycles. The number of benzene rings is 1. The summed E-state index contributed by atoms with van der Waals surface area (Å²) in [7, 11) is -4.38. The van der Waals surface area contributed by atoms with Gasteiger partial charge in [-0.15, -0.1) is 0 Å². The zero-order valence-corrected chi connectivity index (χ0v) is 10.3. The minimum atomic E-state index is -4.38. The van der Waals surface area contributed by atoms with Crippen LogP contribution < -0.4 is 0 Å². The molecule has 1 aliphatic rings. The molecule has 0 bridgehead atoms. The third-order valence-corrected chi connectivity index (χ3v) is 3.83. The van der Waals surface area contributed by atoms with Crippen LogP contribution in [0.2, 0.25) is 0 Å². The second-order valence-electron chi connectivity index (χ2n) is 4.08. The quantitative estimate of drug-likeness (QED) is 0.380. The van der Waals surface area contributed by atoms with Crippen molar-refractivity contribution in [3.63, 3.8) is 0 Å². The first-order chi connectivity index (χ1) is 8.30. The molecule has 18 heavy (non-hydrogen) atoms. The van der Waals surface area contributed by atoms with Crippen LogP contribution in [0, 0.1) is 17.0 Å². The van der Waals surface area contributed by atoms with E-state index in [1.807, 2.05) is 0 Å². The van der Waals surface area contributed by atoms with Gasteiger partial charge >= 0.3 is 0 Å². The highest BCUT2D eigenvalue weighted by Crippen LogP contribution is 2.31. The van der Waals surface area contributed by atoms with E-state index in [0.717, 1.165) is 12.1 Å². The van der Waals surface area contributed by atoms with Gasteiger partial charge in [0.05, 0.1) is 22.5 Å². The van der Waals surface area contributed by atoms with E-state index in [-0.39, 0.29) is 34.2 Å². The average molecular weight is 273 g/mol. The summed E-state index contributed by atoms with van der Waals surface area (Å²) < 4.78 is 36.3. The van der Waals surface area contributed by atoms with Gasteiger partial charge in [0.25, 0.3) is 15.8 Å². The predicted molar refractivity (Wildman–Crippen MR) is 61.1 cm³/mol. The van der Waals surface area contributed by atoms with E-state index < -0.39 is 15.0 Å². The van der Waals surface area contributed by atoms with Crippen molar-refractivity contribution in [2.75, 3.05) is 6.61 Å². The molecule has 1 N–H and O–H groups in total. The zero-order valence-electron chi connectivity index (χ0n) is 9.49. The van der Waals surface area contributed by atoms with Crippen LogP contribution >= 0.6 is 0 Å². The van der Waals surface area contributed by atoms with Crippen LogP contribution in [-0.4, -0.2) is 30.6 Å². The van der Waals surface area contributed by atoms with Crippen molar-refractivity contribution < 1.29 is 22.6 Å². The van der Waals surface area contributed by atoms with Crippen molar-refractivity contribution in [1.82, 2.24) is 0 Å². The van der Waals surface area contributed by atoms with Gasteiger partial charge in [-0.3, -0.25) is 14.7 Å². The molecule has 1 unspecified atom stereocenters. The van der Waals surface area contributed by atoms with E-state index >= 15 is 0 Å². The number of hydrogen-bond donors (Lipinski definition) is 1. The van der Waals surface area contributed by atoms with Crippen LogP contribution in [0.3, 0.4) is 0 Å². The van der Waals surface area contributed by atoms with Crippen molar-refractivity contribution >= 4 is 15.8 Å². The fraction of sp³-hybridized carbons (Fsp3) is 0.400. The second kappa shape index (κ2) is 4.30. The van der Waals surface area contributed by atoms with Gasteiger partial charge < -0.3 is 4.74 Å². The first kappa shape index (κ1) is 12.9. The molecule has 1 aromatic rings. The highest BCUT2D eigenvalue weighted by Gasteiger charge is 2.30. The molecule has 1 aliphatic heterocycles. The largest absolute Gasteiger partial charge is 0.373 e. The Morgan fingerprint density at radius 1 is 1.56 bits per heavy atom. The molecule has 0 saturated carbocycles. The lowest BCUT2D eigenvalue weighted by atomic mass is 10.0. The molecular formula is C10H11NO6S. The van der Waals surface area contributed by atoms with Gasteiger partial charge in [0, 0.05) is 18.1 Å². The second-order valence-corrected chi connectivity index (χ2v) is 5.47. The predicted octanol–water partition coefficient (Wildman–Crippen LogP) is 1.09. The van der Waals surface area contributed by atoms with E-state index in [4.69, 9.17) is 9.29 Å². The van der Waals surface area contributed by atoms with Crippen molar-refractivity contribution in [1.29, 1.82) is 0 Å². The smallest absolute Gasteiger partial charge is 0.294 e. The molecule has 0 radical (unpaired) electrons. The van der Waals surface area contributed by atoms with Gasteiger partial charge in [-0.05, 0) is 18.6 Å². The summed E-state index contributed by atoms with van der Waals surface area (Å²) >= 11 is 0. The van der Waals surface area contributed by atoms with Crippen LogP contribution in [0.5, 0.6) is 0 Å². The lowest BCUT2D eigenvalue weighted by Crippen LogP contribution is -2.08. The molecule has 2 rings (SSSR count). The highest BCUT2D eigenvalue weighted by atomic mass is 32.2. The Morgan fingerprint density at radius 2 is 2.17 bits per heavy atom. The fourth-order valence-electron chi connectivity index (χ4n) is 1.84. The molecule has 0 aliphatic carbocycles. The van der Waals surface area contributed by atoms with Gasteiger partial charge in [0.2, 0.25) is 0 Å².